The van der Waals surface area contributed by atoms with Crippen molar-refractivity contribution in [2.45, 2.75) is 43.0 Å². The highest BCUT2D eigenvalue weighted by Gasteiger charge is 2.22. The van der Waals surface area contributed by atoms with Crippen LogP contribution in [-0.4, -0.2) is 30.6 Å². The van der Waals surface area contributed by atoms with Gasteiger partial charge in [-0.15, -0.1) is 10.2 Å². The van der Waals surface area contributed by atoms with E-state index in [0.29, 0.717) is 23.1 Å². The smallest absolute Gasteiger partial charge is 0.263 e. The first-order valence-corrected chi connectivity index (χ1v) is 10.0. The molecule has 1 amide bonds. The van der Waals surface area contributed by atoms with Crippen molar-refractivity contribution < 1.29 is 13.2 Å². The highest BCUT2D eigenvalue weighted by atomic mass is 32.2. The van der Waals surface area contributed by atoms with Gasteiger partial charge in [0.25, 0.3) is 10.0 Å². The summed E-state index contributed by atoms with van der Waals surface area (Å²) in [5.74, 6) is 0.650. The van der Waals surface area contributed by atoms with Crippen LogP contribution in [-0.2, 0) is 21.2 Å². The van der Waals surface area contributed by atoms with Gasteiger partial charge in [-0.25, -0.2) is 8.42 Å². The van der Waals surface area contributed by atoms with E-state index in [1.54, 1.807) is 18.2 Å². The zero-order valence-corrected chi connectivity index (χ0v) is 14.8. The molecule has 2 aromatic rings. The molecular weight excluding hydrogens is 354 g/mol. The largest absolute Gasteiger partial charge is 0.366 e. The molecule has 8 nitrogen and oxygen atoms in total. The summed E-state index contributed by atoms with van der Waals surface area (Å²) < 4.78 is 27.5. The van der Waals surface area contributed by atoms with Crippen LogP contribution in [0.1, 0.15) is 31.2 Å². The monoisotopic (exact) mass is 373 g/mol. The summed E-state index contributed by atoms with van der Waals surface area (Å²) in [6.45, 7) is 0. The van der Waals surface area contributed by atoms with Gasteiger partial charge in [-0.05, 0) is 48.7 Å². The number of rotatable bonds is 5. The van der Waals surface area contributed by atoms with E-state index in [1.807, 2.05) is 0 Å². The van der Waals surface area contributed by atoms with Gasteiger partial charge in [0.15, 0.2) is 5.82 Å². The molecule has 3 N–H and O–H groups in total. The molecule has 136 valence electrons. The zero-order chi connectivity index (χ0) is 18.1. The molecule has 0 saturated heterocycles. The minimum Gasteiger partial charge on any atom is -0.366 e. The Hall–Kier alpha value is -2.68. The van der Waals surface area contributed by atoms with Crippen LogP contribution in [0.25, 0.3) is 0 Å². The van der Waals surface area contributed by atoms with Gasteiger partial charge < -0.3 is 10.6 Å². The third kappa shape index (κ3) is 3.48. The molecule has 1 aliphatic heterocycles. The van der Waals surface area contributed by atoms with Crippen LogP contribution >= 0.6 is 0 Å². The van der Waals surface area contributed by atoms with Crippen molar-refractivity contribution in [3.63, 3.8) is 0 Å². The number of carbonyl (C=O) groups is 1. The van der Waals surface area contributed by atoms with Gasteiger partial charge in [-0.3, -0.25) is 9.52 Å². The van der Waals surface area contributed by atoms with E-state index in [-0.39, 0.29) is 23.0 Å². The number of sulfonamides is 1. The molecule has 1 aromatic carbocycles. The minimum absolute atomic E-state index is 0.0858. The Morgan fingerprint density at radius 1 is 1.04 bits per heavy atom. The molecule has 2 heterocycles. The Kier molecular flexibility index (Phi) is 4.23. The molecule has 1 saturated carbocycles. The molecule has 0 radical (unpaired) electrons. The zero-order valence-electron chi connectivity index (χ0n) is 14.0. The molecule has 0 bridgehead atoms. The first-order chi connectivity index (χ1) is 12.5. The number of anilines is 3. The van der Waals surface area contributed by atoms with Crippen LogP contribution in [0.5, 0.6) is 0 Å². The van der Waals surface area contributed by atoms with E-state index in [0.717, 1.165) is 12.8 Å². The van der Waals surface area contributed by atoms with Gasteiger partial charge >= 0.3 is 0 Å². The maximum atomic E-state index is 12.5. The topological polar surface area (TPSA) is 113 Å². The minimum atomic E-state index is -3.80. The first-order valence-electron chi connectivity index (χ1n) is 8.55. The molecular formula is C17H19N5O3S. The molecule has 1 aliphatic carbocycles. The number of hydrogen-bond donors (Lipinski definition) is 3. The lowest BCUT2D eigenvalue weighted by atomic mass is 10.2. The predicted molar refractivity (Wildman–Crippen MR) is 97.5 cm³/mol. The second kappa shape index (κ2) is 6.56. The van der Waals surface area contributed by atoms with E-state index in [2.05, 4.69) is 25.6 Å². The second-order valence-electron chi connectivity index (χ2n) is 6.58. The number of benzene rings is 1. The lowest BCUT2D eigenvalue weighted by Crippen LogP contribution is -2.17. The average Bonchev–Trinajstić information content (AvgIpc) is 3.24. The van der Waals surface area contributed by atoms with Crippen LogP contribution in [0.4, 0.5) is 17.3 Å². The summed E-state index contributed by atoms with van der Waals surface area (Å²) in [5, 5.41) is 14.0. The molecule has 0 spiro atoms. The molecule has 4 rings (SSSR count). The SMILES string of the molecule is O=C1Cc2cc(S(=O)(=O)Nc3ccc(NC4CCCC4)nn3)ccc2N1. The van der Waals surface area contributed by atoms with Gasteiger partial charge in [0.05, 0.1) is 11.3 Å². The summed E-state index contributed by atoms with van der Waals surface area (Å²) in [6, 6.07) is 8.26. The van der Waals surface area contributed by atoms with E-state index in [1.165, 1.54) is 25.0 Å². The summed E-state index contributed by atoms with van der Waals surface area (Å²) in [5.41, 5.74) is 1.32. The fraction of sp³-hybridized carbons (Fsp3) is 0.353. The third-order valence-corrected chi connectivity index (χ3v) is 5.98. The van der Waals surface area contributed by atoms with Crippen LogP contribution in [0.2, 0.25) is 0 Å². The maximum Gasteiger partial charge on any atom is 0.263 e. The molecule has 1 fully saturated rings. The number of aromatic nitrogens is 2. The van der Waals surface area contributed by atoms with Crippen LogP contribution in [0.3, 0.4) is 0 Å². The van der Waals surface area contributed by atoms with E-state index in [9.17, 15) is 13.2 Å². The highest BCUT2D eigenvalue weighted by Crippen LogP contribution is 2.27. The molecule has 26 heavy (non-hydrogen) atoms. The summed E-state index contributed by atoms with van der Waals surface area (Å²) in [4.78, 5) is 11.5. The van der Waals surface area contributed by atoms with Crippen LogP contribution < -0.4 is 15.4 Å². The highest BCUT2D eigenvalue weighted by molar-refractivity contribution is 7.92. The van der Waals surface area contributed by atoms with Crippen molar-refractivity contribution in [3.05, 3.63) is 35.9 Å². The van der Waals surface area contributed by atoms with Gasteiger partial charge in [-0.1, -0.05) is 12.8 Å². The molecule has 0 atom stereocenters. The average molecular weight is 373 g/mol. The van der Waals surface area contributed by atoms with Gasteiger partial charge in [0, 0.05) is 11.7 Å². The van der Waals surface area contributed by atoms with Gasteiger partial charge in [0.1, 0.15) is 5.82 Å². The van der Waals surface area contributed by atoms with Crippen molar-refractivity contribution in [1.82, 2.24) is 10.2 Å². The molecule has 2 aliphatic rings. The van der Waals surface area contributed by atoms with Gasteiger partial charge in [0.2, 0.25) is 5.91 Å². The van der Waals surface area contributed by atoms with Crippen molar-refractivity contribution in [3.8, 4) is 0 Å². The van der Waals surface area contributed by atoms with E-state index in [4.69, 9.17) is 0 Å². The van der Waals surface area contributed by atoms with Crippen molar-refractivity contribution in [2.75, 3.05) is 15.4 Å². The lowest BCUT2D eigenvalue weighted by molar-refractivity contribution is -0.115. The summed E-state index contributed by atoms with van der Waals surface area (Å²) in [6.07, 6.45) is 4.84. The summed E-state index contributed by atoms with van der Waals surface area (Å²) in [7, 11) is -3.80. The van der Waals surface area contributed by atoms with Gasteiger partial charge in [-0.2, -0.15) is 0 Å². The van der Waals surface area contributed by atoms with E-state index >= 15 is 0 Å². The Labute approximate surface area is 151 Å². The fourth-order valence-corrected chi connectivity index (χ4v) is 4.36. The molecule has 9 heteroatoms. The lowest BCUT2D eigenvalue weighted by Gasteiger charge is -2.12. The molecule has 0 unspecified atom stereocenters. The Bertz CT molecular complexity index is 937. The van der Waals surface area contributed by atoms with Crippen molar-refractivity contribution >= 4 is 33.3 Å². The van der Waals surface area contributed by atoms with Crippen molar-refractivity contribution in [2.24, 2.45) is 0 Å². The Balaban J connectivity index is 1.47. The molecule has 1 aromatic heterocycles. The van der Waals surface area contributed by atoms with Crippen molar-refractivity contribution in [1.29, 1.82) is 0 Å². The Morgan fingerprint density at radius 2 is 1.77 bits per heavy atom. The number of amides is 1. The third-order valence-electron chi connectivity index (χ3n) is 4.62. The number of nitrogens with zero attached hydrogens (tertiary/aromatic N) is 2. The quantitative estimate of drug-likeness (QED) is 0.740. The predicted octanol–water partition coefficient (Wildman–Crippen LogP) is 2.13. The number of fused-ring (bicyclic) bond motifs is 1. The van der Waals surface area contributed by atoms with E-state index < -0.39 is 10.0 Å². The number of carbonyl (C=O) groups excluding carboxylic acids is 1. The maximum absolute atomic E-state index is 12.5. The number of hydrogen-bond acceptors (Lipinski definition) is 6. The fourth-order valence-electron chi connectivity index (χ4n) is 3.31. The number of nitrogens with one attached hydrogen (secondary N) is 3. The van der Waals surface area contributed by atoms with Crippen LogP contribution in [0, 0.1) is 0 Å². The first kappa shape index (κ1) is 16.8. The second-order valence-corrected chi connectivity index (χ2v) is 8.26. The Morgan fingerprint density at radius 3 is 2.50 bits per heavy atom. The standard InChI is InChI=1S/C17H19N5O3S/c23-17-10-11-9-13(5-6-14(11)19-17)26(24,25)22-16-8-7-15(20-21-16)18-12-3-1-2-4-12/h5-9,12H,1-4,10H2,(H,18,20)(H,19,23)(H,21,22). The summed E-state index contributed by atoms with van der Waals surface area (Å²) >= 11 is 0. The normalized spacial score (nSPS) is 17.0. The van der Waals surface area contributed by atoms with Crippen LogP contribution in [0.15, 0.2) is 35.2 Å².